The van der Waals surface area contributed by atoms with E-state index in [1.807, 2.05) is 0 Å². The van der Waals surface area contributed by atoms with E-state index in [4.69, 9.17) is 13.9 Å². The Labute approximate surface area is 175 Å². The Balaban J connectivity index is 1.61. The van der Waals surface area contributed by atoms with Gasteiger partial charge in [-0.25, -0.2) is 9.18 Å². The third-order valence-corrected chi connectivity index (χ3v) is 4.73. The Morgan fingerprint density at radius 1 is 1.03 bits per heavy atom. The Bertz CT molecular complexity index is 1330. The average Bonchev–Trinajstić information content (AvgIpc) is 2.77. The quantitative estimate of drug-likeness (QED) is 0.244. The molecule has 0 saturated heterocycles. The highest BCUT2D eigenvalue weighted by Gasteiger charge is 2.13. The second kappa shape index (κ2) is 8.27. The van der Waals surface area contributed by atoms with Crippen molar-refractivity contribution >= 4 is 16.7 Å². The van der Waals surface area contributed by atoms with E-state index in [2.05, 4.69) is 0 Å². The van der Waals surface area contributed by atoms with Crippen LogP contribution in [0, 0.1) is 15.9 Å². The lowest BCUT2D eigenvalue weighted by Crippen LogP contribution is -2.03. The first kappa shape index (κ1) is 20.1. The number of rotatable bonds is 6. The topological polar surface area (TPSA) is 91.8 Å². The van der Waals surface area contributed by atoms with Gasteiger partial charge >= 0.3 is 5.63 Å². The van der Waals surface area contributed by atoms with E-state index in [-0.39, 0.29) is 12.3 Å². The lowest BCUT2D eigenvalue weighted by Gasteiger charge is -2.11. The number of methoxy groups -OCH3 is 1. The zero-order valence-corrected chi connectivity index (χ0v) is 16.3. The molecule has 0 atom stereocenters. The van der Waals surface area contributed by atoms with Crippen LogP contribution in [0.2, 0.25) is 0 Å². The number of benzene rings is 3. The fourth-order valence-corrected chi connectivity index (χ4v) is 3.16. The summed E-state index contributed by atoms with van der Waals surface area (Å²) >= 11 is 0. The van der Waals surface area contributed by atoms with Gasteiger partial charge in [-0.2, -0.15) is 0 Å². The highest BCUT2D eigenvalue weighted by Crippen LogP contribution is 2.28. The van der Waals surface area contributed by atoms with Crippen molar-refractivity contribution in [3.05, 3.63) is 98.6 Å². The third kappa shape index (κ3) is 4.23. The highest BCUT2D eigenvalue weighted by atomic mass is 19.1. The smallest absolute Gasteiger partial charge is 0.344 e. The Morgan fingerprint density at radius 2 is 1.81 bits per heavy atom. The summed E-state index contributed by atoms with van der Waals surface area (Å²) in [5.41, 5.74) is 1.07. The van der Waals surface area contributed by atoms with Crippen molar-refractivity contribution in [3.8, 4) is 22.6 Å². The van der Waals surface area contributed by atoms with E-state index >= 15 is 0 Å². The number of fused-ring (bicyclic) bond motifs is 1. The molecule has 0 bridgehead atoms. The predicted octanol–water partition coefficient (Wildman–Crippen LogP) is 5.09. The van der Waals surface area contributed by atoms with Crippen molar-refractivity contribution < 1.29 is 23.2 Å². The molecule has 8 heteroatoms. The summed E-state index contributed by atoms with van der Waals surface area (Å²) in [7, 11) is 1.47. The first-order valence-corrected chi connectivity index (χ1v) is 9.22. The summed E-state index contributed by atoms with van der Waals surface area (Å²) in [6, 6.07) is 16.5. The molecule has 0 N–H and O–H groups in total. The molecule has 156 valence electrons. The third-order valence-electron chi connectivity index (χ3n) is 4.73. The van der Waals surface area contributed by atoms with E-state index in [1.54, 1.807) is 24.3 Å². The number of hydrogen-bond acceptors (Lipinski definition) is 6. The molecule has 4 rings (SSSR count). The van der Waals surface area contributed by atoms with Crippen molar-refractivity contribution in [2.75, 3.05) is 7.11 Å². The molecule has 0 fully saturated rings. The maximum Gasteiger partial charge on any atom is 0.344 e. The van der Waals surface area contributed by atoms with Gasteiger partial charge in [0, 0.05) is 29.1 Å². The zero-order valence-electron chi connectivity index (χ0n) is 16.3. The summed E-state index contributed by atoms with van der Waals surface area (Å²) in [6.07, 6.45) is 0. The number of nitro benzene ring substituents is 1. The molecule has 0 amide bonds. The lowest BCUT2D eigenvalue weighted by atomic mass is 10.1. The highest BCUT2D eigenvalue weighted by molar-refractivity contribution is 5.82. The lowest BCUT2D eigenvalue weighted by molar-refractivity contribution is -0.385. The molecule has 0 spiro atoms. The molecule has 0 radical (unpaired) electrons. The Morgan fingerprint density at radius 3 is 2.52 bits per heavy atom. The van der Waals surface area contributed by atoms with Gasteiger partial charge in [-0.1, -0.05) is 12.1 Å². The zero-order chi connectivity index (χ0) is 22.0. The van der Waals surface area contributed by atoms with Crippen LogP contribution in [0.3, 0.4) is 0 Å². The van der Waals surface area contributed by atoms with Gasteiger partial charge in [-0.3, -0.25) is 10.1 Å². The van der Waals surface area contributed by atoms with Gasteiger partial charge in [0.1, 0.15) is 29.5 Å². The first-order chi connectivity index (χ1) is 14.9. The molecule has 0 unspecified atom stereocenters. The molecule has 1 aromatic heterocycles. The van der Waals surface area contributed by atoms with Crippen molar-refractivity contribution in [2.45, 2.75) is 6.61 Å². The average molecular weight is 421 g/mol. The Hall–Kier alpha value is -4.20. The van der Waals surface area contributed by atoms with Crippen LogP contribution in [0.25, 0.3) is 22.1 Å². The van der Waals surface area contributed by atoms with Crippen LogP contribution in [0.4, 0.5) is 10.1 Å². The number of nitro groups is 1. The molecule has 0 aliphatic carbocycles. The van der Waals surface area contributed by atoms with Crippen molar-refractivity contribution in [2.24, 2.45) is 0 Å². The van der Waals surface area contributed by atoms with Crippen LogP contribution in [0.1, 0.15) is 5.56 Å². The summed E-state index contributed by atoms with van der Waals surface area (Å²) < 4.78 is 29.5. The largest absolute Gasteiger partial charge is 0.496 e. The molecule has 7 nitrogen and oxygen atoms in total. The number of hydrogen-bond donors (Lipinski definition) is 0. The normalized spacial score (nSPS) is 10.8. The van der Waals surface area contributed by atoms with Crippen LogP contribution in [0.15, 0.2) is 75.9 Å². The van der Waals surface area contributed by atoms with Crippen LogP contribution in [-0.2, 0) is 6.61 Å². The summed E-state index contributed by atoms with van der Waals surface area (Å²) in [4.78, 5) is 22.9. The number of ether oxygens (including phenoxy) is 2. The van der Waals surface area contributed by atoms with Crippen molar-refractivity contribution in [1.29, 1.82) is 0 Å². The van der Waals surface area contributed by atoms with Crippen LogP contribution in [0.5, 0.6) is 11.5 Å². The monoisotopic (exact) mass is 421 g/mol. The van der Waals surface area contributed by atoms with Crippen molar-refractivity contribution in [1.82, 2.24) is 0 Å². The van der Waals surface area contributed by atoms with E-state index in [0.29, 0.717) is 39.2 Å². The fraction of sp³-hybridized carbons (Fsp3) is 0.0870. The molecule has 4 aromatic rings. The van der Waals surface area contributed by atoms with E-state index in [9.17, 15) is 19.3 Å². The van der Waals surface area contributed by atoms with Gasteiger partial charge < -0.3 is 13.9 Å². The molecule has 3 aromatic carbocycles. The minimum atomic E-state index is -0.559. The number of non-ortho nitro benzene ring substituents is 1. The maximum atomic E-state index is 13.1. The fourth-order valence-electron chi connectivity index (χ4n) is 3.16. The molecule has 0 saturated carbocycles. The van der Waals surface area contributed by atoms with Crippen LogP contribution in [-0.4, -0.2) is 12.0 Å². The van der Waals surface area contributed by atoms with Gasteiger partial charge in [0.2, 0.25) is 0 Å². The minimum Gasteiger partial charge on any atom is -0.496 e. The van der Waals surface area contributed by atoms with Gasteiger partial charge in [0.05, 0.1) is 17.6 Å². The van der Waals surface area contributed by atoms with Gasteiger partial charge in [-0.05, 0) is 42.0 Å². The van der Waals surface area contributed by atoms with E-state index in [1.165, 1.54) is 49.6 Å². The molecule has 31 heavy (non-hydrogen) atoms. The molecular weight excluding hydrogens is 405 g/mol. The number of nitrogens with zero attached hydrogens (tertiary/aromatic N) is 1. The van der Waals surface area contributed by atoms with Crippen molar-refractivity contribution in [3.63, 3.8) is 0 Å². The van der Waals surface area contributed by atoms with Gasteiger partial charge in [-0.15, -0.1) is 0 Å². The first-order valence-electron chi connectivity index (χ1n) is 9.22. The summed E-state index contributed by atoms with van der Waals surface area (Å²) in [5, 5.41) is 11.7. The molecular formula is C23H16FNO6. The SMILES string of the molecule is COc1ccc([N+](=O)[O-])cc1COc1ccc2cc(-c3ccc(F)cc3)c(=O)oc2c1. The van der Waals surface area contributed by atoms with Crippen LogP contribution >= 0.6 is 0 Å². The second-order valence-corrected chi connectivity index (χ2v) is 6.70. The van der Waals surface area contributed by atoms with Crippen LogP contribution < -0.4 is 15.1 Å². The summed E-state index contributed by atoms with van der Waals surface area (Å²) in [6.45, 7) is 0.0221. The predicted molar refractivity (Wildman–Crippen MR) is 112 cm³/mol. The number of halogens is 1. The Kier molecular flexibility index (Phi) is 5.36. The second-order valence-electron chi connectivity index (χ2n) is 6.70. The minimum absolute atomic E-state index is 0.0221. The van der Waals surface area contributed by atoms with Gasteiger partial charge in [0.25, 0.3) is 5.69 Å². The summed E-state index contributed by atoms with van der Waals surface area (Å²) in [5.74, 6) is 0.483. The molecule has 0 aliphatic heterocycles. The van der Waals surface area contributed by atoms with E-state index in [0.717, 1.165) is 0 Å². The van der Waals surface area contributed by atoms with E-state index < -0.39 is 16.4 Å². The molecule has 0 aliphatic rings. The molecule has 1 heterocycles. The maximum absolute atomic E-state index is 13.1. The standard InChI is InChI=1S/C23H16FNO6/c1-29-21-9-7-18(25(27)28)10-16(21)13-30-19-8-4-15-11-20(23(26)31-22(15)12-19)14-2-5-17(24)6-3-14/h2-12H,13H2,1H3. The van der Waals surface area contributed by atoms with Gasteiger partial charge in [0.15, 0.2) is 0 Å².